The third kappa shape index (κ3) is 4.12. The average Bonchev–Trinajstić information content (AvgIpc) is 3.08. The quantitative estimate of drug-likeness (QED) is 0.420. The van der Waals surface area contributed by atoms with Crippen LogP contribution in [0.3, 0.4) is 0 Å². The number of ether oxygens (including phenoxy) is 1. The third-order valence-corrected chi connectivity index (χ3v) is 5.60. The van der Waals surface area contributed by atoms with Crippen molar-refractivity contribution in [3.05, 3.63) is 58.3 Å². The van der Waals surface area contributed by atoms with E-state index in [4.69, 9.17) is 32.4 Å². The molecule has 0 aliphatic rings. The summed E-state index contributed by atoms with van der Waals surface area (Å²) >= 11 is 12.2. The van der Waals surface area contributed by atoms with Crippen LogP contribution >= 0.6 is 23.2 Å². The molecule has 2 aromatic heterocycles. The van der Waals surface area contributed by atoms with Crippen molar-refractivity contribution in [2.45, 2.75) is 0 Å². The molecule has 160 valence electrons. The summed E-state index contributed by atoms with van der Waals surface area (Å²) in [7, 11) is -2.06. The number of nitrogens with zero attached hydrogens (tertiary/aromatic N) is 1. The SMILES string of the molecule is COc1cc(C(=O)Nc2c(Cl)cncc2Cl)cc2oc3c(NS(C)(=O)=O)cccc3c12. The molecule has 4 rings (SSSR count). The molecule has 0 radical (unpaired) electrons. The maximum atomic E-state index is 12.9. The first kappa shape index (κ1) is 21.2. The van der Waals surface area contributed by atoms with Crippen LogP contribution in [0.15, 0.2) is 47.1 Å². The first-order chi connectivity index (χ1) is 14.7. The number of pyridine rings is 1. The molecule has 2 heterocycles. The monoisotopic (exact) mass is 479 g/mol. The van der Waals surface area contributed by atoms with E-state index in [9.17, 15) is 13.2 Å². The number of carbonyl (C=O) groups is 1. The normalized spacial score (nSPS) is 11.6. The molecule has 0 aliphatic heterocycles. The van der Waals surface area contributed by atoms with Gasteiger partial charge in [0.1, 0.15) is 11.3 Å². The van der Waals surface area contributed by atoms with Gasteiger partial charge in [0, 0.05) is 23.3 Å². The number of rotatable bonds is 5. The standard InChI is InChI=1S/C20H15Cl2N3O5S/c1-29-15-6-10(20(26)24-18-12(21)8-23-9-13(18)22)7-16-17(15)11-4-3-5-14(19(11)30-16)25-31(2,27)28/h3-9,25H,1-2H3,(H,23,24,26). The lowest BCUT2D eigenvalue weighted by atomic mass is 10.1. The number of halogens is 2. The Morgan fingerprint density at radius 3 is 2.52 bits per heavy atom. The zero-order valence-corrected chi connectivity index (χ0v) is 18.5. The van der Waals surface area contributed by atoms with Gasteiger partial charge in [0.2, 0.25) is 10.0 Å². The van der Waals surface area contributed by atoms with Crippen molar-refractivity contribution in [2.75, 3.05) is 23.4 Å². The lowest BCUT2D eigenvalue weighted by molar-refractivity contribution is 0.102. The molecule has 0 bridgehead atoms. The Balaban J connectivity index is 1.84. The first-order valence-corrected chi connectivity index (χ1v) is 11.4. The minimum atomic E-state index is -3.52. The van der Waals surface area contributed by atoms with Gasteiger partial charge in [-0.15, -0.1) is 0 Å². The molecule has 0 fully saturated rings. The summed E-state index contributed by atoms with van der Waals surface area (Å²) in [4.78, 5) is 16.7. The van der Waals surface area contributed by atoms with Gasteiger partial charge in [-0.3, -0.25) is 14.5 Å². The molecule has 31 heavy (non-hydrogen) atoms. The van der Waals surface area contributed by atoms with Crippen molar-refractivity contribution in [2.24, 2.45) is 0 Å². The minimum Gasteiger partial charge on any atom is -0.496 e. The summed E-state index contributed by atoms with van der Waals surface area (Å²) in [6.45, 7) is 0. The van der Waals surface area contributed by atoms with Crippen LogP contribution in [0.4, 0.5) is 11.4 Å². The van der Waals surface area contributed by atoms with Crippen LogP contribution in [-0.4, -0.2) is 32.7 Å². The Bertz CT molecular complexity index is 1430. The highest BCUT2D eigenvalue weighted by Gasteiger charge is 2.20. The average molecular weight is 480 g/mol. The topological polar surface area (TPSA) is 111 Å². The fourth-order valence-electron chi connectivity index (χ4n) is 3.18. The number of hydrogen-bond acceptors (Lipinski definition) is 6. The number of para-hydroxylation sites is 1. The predicted molar refractivity (Wildman–Crippen MR) is 121 cm³/mol. The zero-order chi connectivity index (χ0) is 22.3. The van der Waals surface area contributed by atoms with Gasteiger partial charge in [-0.25, -0.2) is 8.42 Å². The summed E-state index contributed by atoms with van der Waals surface area (Å²) in [5.74, 6) is -0.116. The summed E-state index contributed by atoms with van der Waals surface area (Å²) in [5, 5.41) is 4.27. The van der Waals surface area contributed by atoms with Gasteiger partial charge in [0.15, 0.2) is 5.58 Å². The van der Waals surface area contributed by atoms with Crippen molar-refractivity contribution in [3.63, 3.8) is 0 Å². The molecule has 0 aliphatic carbocycles. The fraction of sp³-hybridized carbons (Fsp3) is 0.100. The lowest BCUT2D eigenvalue weighted by Gasteiger charge is -2.10. The molecule has 0 saturated heterocycles. The predicted octanol–water partition coefficient (Wildman–Crippen LogP) is 4.92. The van der Waals surface area contributed by atoms with Crippen LogP contribution in [0.2, 0.25) is 10.0 Å². The molecule has 2 aromatic carbocycles. The van der Waals surface area contributed by atoms with Gasteiger partial charge in [-0.2, -0.15) is 0 Å². The molecular weight excluding hydrogens is 465 g/mol. The number of amides is 1. The highest BCUT2D eigenvalue weighted by molar-refractivity contribution is 7.92. The van der Waals surface area contributed by atoms with E-state index in [0.717, 1.165) is 6.26 Å². The maximum Gasteiger partial charge on any atom is 0.256 e. The van der Waals surface area contributed by atoms with Crippen molar-refractivity contribution >= 4 is 72.4 Å². The van der Waals surface area contributed by atoms with E-state index in [-0.39, 0.29) is 27.0 Å². The fourth-order valence-corrected chi connectivity index (χ4v) is 4.20. The maximum absolute atomic E-state index is 12.9. The zero-order valence-electron chi connectivity index (χ0n) is 16.2. The van der Waals surface area contributed by atoms with Crippen molar-refractivity contribution in [1.82, 2.24) is 4.98 Å². The van der Waals surface area contributed by atoms with Crippen LogP contribution in [0.25, 0.3) is 21.9 Å². The Labute approximate surface area is 187 Å². The van der Waals surface area contributed by atoms with Gasteiger partial charge in [-0.05, 0) is 18.2 Å². The van der Waals surface area contributed by atoms with E-state index in [1.807, 2.05) is 0 Å². The number of aromatic nitrogens is 1. The van der Waals surface area contributed by atoms with Gasteiger partial charge in [-0.1, -0.05) is 35.3 Å². The van der Waals surface area contributed by atoms with E-state index < -0.39 is 15.9 Å². The largest absolute Gasteiger partial charge is 0.496 e. The molecule has 0 saturated carbocycles. The smallest absolute Gasteiger partial charge is 0.256 e. The van der Waals surface area contributed by atoms with Crippen molar-refractivity contribution in [3.8, 4) is 5.75 Å². The van der Waals surface area contributed by atoms with Gasteiger partial charge in [0.25, 0.3) is 5.91 Å². The number of nitrogens with one attached hydrogen (secondary N) is 2. The van der Waals surface area contributed by atoms with E-state index in [2.05, 4.69) is 15.0 Å². The second-order valence-electron chi connectivity index (χ2n) is 6.64. The second kappa shape index (κ2) is 7.92. The van der Waals surface area contributed by atoms with Gasteiger partial charge < -0.3 is 14.5 Å². The number of fused-ring (bicyclic) bond motifs is 3. The summed E-state index contributed by atoms with van der Waals surface area (Å²) in [5.41, 5.74) is 1.39. The number of carbonyl (C=O) groups excluding carboxylic acids is 1. The number of benzene rings is 2. The Kier molecular flexibility index (Phi) is 5.42. The Morgan fingerprint density at radius 1 is 1.16 bits per heavy atom. The molecule has 0 spiro atoms. The highest BCUT2D eigenvalue weighted by atomic mass is 35.5. The van der Waals surface area contributed by atoms with Crippen LogP contribution in [-0.2, 0) is 10.0 Å². The molecule has 1 amide bonds. The minimum absolute atomic E-state index is 0.189. The van der Waals surface area contributed by atoms with Crippen LogP contribution in [0, 0.1) is 0 Å². The summed E-state index contributed by atoms with van der Waals surface area (Å²) < 4.78 is 37.2. The molecule has 0 unspecified atom stereocenters. The van der Waals surface area contributed by atoms with Crippen LogP contribution < -0.4 is 14.8 Å². The van der Waals surface area contributed by atoms with Crippen LogP contribution in [0.5, 0.6) is 5.75 Å². The number of methoxy groups -OCH3 is 1. The molecule has 4 aromatic rings. The van der Waals surface area contributed by atoms with Crippen molar-refractivity contribution in [1.29, 1.82) is 0 Å². The second-order valence-corrected chi connectivity index (χ2v) is 9.21. The number of hydrogen-bond donors (Lipinski definition) is 2. The van der Waals surface area contributed by atoms with E-state index in [0.29, 0.717) is 27.7 Å². The summed E-state index contributed by atoms with van der Waals surface area (Å²) in [6.07, 6.45) is 3.78. The highest BCUT2D eigenvalue weighted by Crippen LogP contribution is 2.40. The molecule has 8 nitrogen and oxygen atoms in total. The number of furan rings is 1. The molecule has 0 atom stereocenters. The molecular formula is C20H15Cl2N3O5S. The van der Waals surface area contributed by atoms with E-state index in [1.165, 1.54) is 25.6 Å². The summed E-state index contributed by atoms with van der Waals surface area (Å²) in [6, 6.07) is 8.12. The molecule has 11 heteroatoms. The first-order valence-electron chi connectivity index (χ1n) is 8.79. The molecule has 2 N–H and O–H groups in total. The van der Waals surface area contributed by atoms with E-state index >= 15 is 0 Å². The van der Waals surface area contributed by atoms with Gasteiger partial charge in [0.05, 0.1) is 40.2 Å². The Hall–Kier alpha value is -3.01. The van der Waals surface area contributed by atoms with E-state index in [1.54, 1.807) is 24.3 Å². The van der Waals surface area contributed by atoms with Crippen LogP contribution in [0.1, 0.15) is 10.4 Å². The van der Waals surface area contributed by atoms with Gasteiger partial charge >= 0.3 is 0 Å². The third-order valence-electron chi connectivity index (χ3n) is 4.43. The number of sulfonamides is 1. The van der Waals surface area contributed by atoms with Crippen molar-refractivity contribution < 1.29 is 22.4 Å². The Morgan fingerprint density at radius 2 is 1.87 bits per heavy atom. The number of anilines is 2. The lowest BCUT2D eigenvalue weighted by Crippen LogP contribution is -2.13.